The zero-order valence-electron chi connectivity index (χ0n) is 23.0. The number of rotatable bonds is 11. The van der Waals surface area contributed by atoms with E-state index in [0.29, 0.717) is 10.6 Å². The van der Waals surface area contributed by atoms with Crippen molar-refractivity contribution in [3.63, 3.8) is 0 Å². The zero-order chi connectivity index (χ0) is 29.4. The summed E-state index contributed by atoms with van der Waals surface area (Å²) in [5, 5.41) is 3.58. The second-order valence-electron chi connectivity index (χ2n) is 10.4. The first-order valence-corrected chi connectivity index (χ1v) is 15.9. The van der Waals surface area contributed by atoms with Gasteiger partial charge in [-0.3, -0.25) is 13.9 Å². The van der Waals surface area contributed by atoms with Crippen LogP contribution in [0.1, 0.15) is 43.2 Å². The summed E-state index contributed by atoms with van der Waals surface area (Å²) in [7, 11) is -3.93. The van der Waals surface area contributed by atoms with Gasteiger partial charge in [-0.05, 0) is 54.3 Å². The van der Waals surface area contributed by atoms with Crippen LogP contribution in [-0.2, 0) is 32.6 Å². The van der Waals surface area contributed by atoms with Crippen LogP contribution in [0.4, 0.5) is 10.1 Å². The van der Waals surface area contributed by atoms with Crippen LogP contribution in [0.25, 0.3) is 0 Å². The lowest BCUT2D eigenvalue weighted by Crippen LogP contribution is -2.55. The van der Waals surface area contributed by atoms with Crippen molar-refractivity contribution >= 4 is 39.1 Å². The molecule has 7 nitrogen and oxygen atoms in total. The molecule has 1 fully saturated rings. The Morgan fingerprint density at radius 3 is 2.22 bits per heavy atom. The van der Waals surface area contributed by atoms with Crippen molar-refractivity contribution in [1.29, 1.82) is 0 Å². The number of nitrogens with zero attached hydrogens (tertiary/aromatic N) is 2. The van der Waals surface area contributed by atoms with Gasteiger partial charge in [0, 0.05) is 24.0 Å². The Morgan fingerprint density at radius 1 is 0.951 bits per heavy atom. The van der Waals surface area contributed by atoms with E-state index in [2.05, 4.69) is 5.32 Å². The molecule has 1 atom stereocenters. The minimum absolute atomic E-state index is 0.00485. The molecule has 0 spiro atoms. The molecule has 0 radical (unpaired) electrons. The van der Waals surface area contributed by atoms with E-state index >= 15 is 0 Å². The lowest BCUT2D eigenvalue weighted by molar-refractivity contribution is -0.140. The number of halogens is 2. The van der Waals surface area contributed by atoms with Crippen LogP contribution in [0.5, 0.6) is 0 Å². The second-order valence-corrected chi connectivity index (χ2v) is 12.7. The molecule has 10 heteroatoms. The lowest BCUT2D eigenvalue weighted by Gasteiger charge is -2.35. The number of anilines is 1. The van der Waals surface area contributed by atoms with Crippen LogP contribution in [0, 0.1) is 5.82 Å². The third-order valence-corrected chi connectivity index (χ3v) is 8.82. The Bertz CT molecular complexity index is 1430. The van der Waals surface area contributed by atoms with Crippen LogP contribution < -0.4 is 9.62 Å². The Hall–Kier alpha value is -3.43. The zero-order valence-corrected chi connectivity index (χ0v) is 24.6. The Kier molecular flexibility index (Phi) is 10.4. The van der Waals surface area contributed by atoms with Crippen LogP contribution in [0.3, 0.4) is 0 Å². The number of hydrogen-bond acceptors (Lipinski definition) is 4. The topological polar surface area (TPSA) is 86.8 Å². The summed E-state index contributed by atoms with van der Waals surface area (Å²) in [5.41, 5.74) is 1.62. The van der Waals surface area contributed by atoms with Crippen LogP contribution in [0.2, 0.25) is 5.02 Å². The highest BCUT2D eigenvalue weighted by molar-refractivity contribution is 7.92. The molecule has 41 heavy (non-hydrogen) atoms. The summed E-state index contributed by atoms with van der Waals surface area (Å²) in [6.45, 7) is -0.577. The number of carbonyl (C=O) groups excluding carboxylic acids is 2. The third kappa shape index (κ3) is 8.53. The van der Waals surface area contributed by atoms with Crippen molar-refractivity contribution in [3.05, 3.63) is 101 Å². The molecule has 0 aromatic heterocycles. The van der Waals surface area contributed by atoms with E-state index in [1.54, 1.807) is 24.3 Å². The molecule has 0 aliphatic heterocycles. The summed E-state index contributed by atoms with van der Waals surface area (Å²) in [4.78, 5) is 29.4. The van der Waals surface area contributed by atoms with Gasteiger partial charge >= 0.3 is 0 Å². The van der Waals surface area contributed by atoms with Crippen molar-refractivity contribution in [2.24, 2.45) is 0 Å². The second kappa shape index (κ2) is 14.0. The predicted octanol–water partition coefficient (Wildman–Crippen LogP) is 5.33. The first kappa shape index (κ1) is 30.5. The fourth-order valence-corrected chi connectivity index (χ4v) is 6.17. The molecule has 3 aromatic carbocycles. The van der Waals surface area contributed by atoms with Crippen molar-refractivity contribution in [3.8, 4) is 0 Å². The van der Waals surface area contributed by atoms with Crippen LogP contribution >= 0.6 is 11.6 Å². The molecule has 4 rings (SSSR count). The molecule has 0 bridgehead atoms. The van der Waals surface area contributed by atoms with E-state index in [4.69, 9.17) is 11.6 Å². The Labute approximate surface area is 246 Å². The van der Waals surface area contributed by atoms with Crippen molar-refractivity contribution in [2.45, 2.75) is 57.2 Å². The molecule has 1 N–H and O–H groups in total. The molecule has 1 aliphatic carbocycles. The summed E-state index contributed by atoms with van der Waals surface area (Å²) >= 11 is 6.48. The molecular weight excluding hydrogens is 565 g/mol. The van der Waals surface area contributed by atoms with Gasteiger partial charge < -0.3 is 10.2 Å². The van der Waals surface area contributed by atoms with Gasteiger partial charge in [0.05, 0.1) is 11.9 Å². The molecule has 1 aliphatic rings. The average Bonchev–Trinajstić information content (AvgIpc) is 2.95. The van der Waals surface area contributed by atoms with Gasteiger partial charge in [0.25, 0.3) is 0 Å². The van der Waals surface area contributed by atoms with Crippen molar-refractivity contribution in [2.75, 3.05) is 17.1 Å². The highest BCUT2D eigenvalue weighted by Crippen LogP contribution is 2.24. The quantitative estimate of drug-likeness (QED) is 0.323. The fourth-order valence-electron chi connectivity index (χ4n) is 5.13. The maximum atomic E-state index is 14.1. The fraction of sp³-hybridized carbons (Fsp3) is 0.355. The maximum absolute atomic E-state index is 14.1. The standard InChI is InChI=1S/C31H35ClFN3O4S/c1-41(39,40)36(27-18-16-25(33)17-19-27)22-30(37)35(21-24-12-8-9-15-28(24)32)29(20-23-10-4-2-5-11-23)31(38)34-26-13-6-3-7-14-26/h2,4-5,8-12,15-19,26,29H,3,6-7,13-14,20-22H2,1H3,(H,34,38)/t29-/m0/s1. The largest absolute Gasteiger partial charge is 0.352 e. The third-order valence-electron chi connectivity index (χ3n) is 7.31. The molecule has 0 unspecified atom stereocenters. The highest BCUT2D eigenvalue weighted by atomic mass is 35.5. The maximum Gasteiger partial charge on any atom is 0.244 e. The van der Waals surface area contributed by atoms with Crippen LogP contribution in [-0.4, -0.2) is 50.0 Å². The monoisotopic (exact) mass is 599 g/mol. The van der Waals surface area contributed by atoms with Crippen LogP contribution in [0.15, 0.2) is 78.9 Å². The molecular formula is C31H35ClFN3O4S. The van der Waals surface area contributed by atoms with Gasteiger partial charge in [-0.1, -0.05) is 79.4 Å². The summed E-state index contributed by atoms with van der Waals surface area (Å²) < 4.78 is 40.1. The minimum atomic E-state index is -3.93. The number of nitrogens with one attached hydrogen (secondary N) is 1. The van der Waals surface area contributed by atoms with E-state index in [9.17, 15) is 22.4 Å². The SMILES string of the molecule is CS(=O)(=O)N(CC(=O)N(Cc1ccccc1Cl)[C@@H](Cc1ccccc1)C(=O)NC1CCCCC1)c1ccc(F)cc1. The lowest BCUT2D eigenvalue weighted by atomic mass is 9.94. The molecule has 1 saturated carbocycles. The first-order chi connectivity index (χ1) is 19.6. The van der Waals surface area contributed by atoms with Gasteiger partial charge in [0.2, 0.25) is 21.8 Å². The molecule has 2 amide bonds. The minimum Gasteiger partial charge on any atom is -0.352 e. The highest BCUT2D eigenvalue weighted by Gasteiger charge is 2.34. The Morgan fingerprint density at radius 2 is 1.59 bits per heavy atom. The van der Waals surface area contributed by atoms with E-state index in [1.165, 1.54) is 17.0 Å². The van der Waals surface area contributed by atoms with Gasteiger partial charge in [-0.2, -0.15) is 0 Å². The van der Waals surface area contributed by atoms with E-state index < -0.39 is 34.3 Å². The van der Waals surface area contributed by atoms with Crippen molar-refractivity contribution in [1.82, 2.24) is 10.2 Å². The number of amides is 2. The van der Waals surface area contributed by atoms with E-state index in [1.807, 2.05) is 30.3 Å². The number of benzene rings is 3. The molecule has 0 saturated heterocycles. The summed E-state index contributed by atoms with van der Waals surface area (Å²) in [6.07, 6.45) is 6.13. The van der Waals surface area contributed by atoms with Gasteiger partial charge in [0.15, 0.2) is 0 Å². The van der Waals surface area contributed by atoms with E-state index in [0.717, 1.165) is 60.4 Å². The van der Waals surface area contributed by atoms with Gasteiger partial charge in [-0.15, -0.1) is 0 Å². The van der Waals surface area contributed by atoms with E-state index in [-0.39, 0.29) is 30.6 Å². The molecule has 218 valence electrons. The normalized spacial score (nSPS) is 14.7. The number of hydrogen-bond donors (Lipinski definition) is 1. The molecule has 0 heterocycles. The smallest absolute Gasteiger partial charge is 0.244 e. The molecule has 3 aromatic rings. The average molecular weight is 600 g/mol. The number of carbonyl (C=O) groups is 2. The van der Waals surface area contributed by atoms with Crippen molar-refractivity contribution < 1.29 is 22.4 Å². The first-order valence-electron chi connectivity index (χ1n) is 13.7. The van der Waals surface area contributed by atoms with Gasteiger partial charge in [-0.25, -0.2) is 12.8 Å². The predicted molar refractivity (Wildman–Crippen MR) is 160 cm³/mol. The Balaban J connectivity index is 1.72. The number of sulfonamides is 1. The summed E-state index contributed by atoms with van der Waals surface area (Å²) in [6, 6.07) is 20.4. The summed E-state index contributed by atoms with van der Waals surface area (Å²) in [5.74, 6) is -1.41. The van der Waals surface area contributed by atoms with Gasteiger partial charge in [0.1, 0.15) is 18.4 Å².